The molecule has 0 spiro atoms. The molecule has 1 atom stereocenters. The highest BCUT2D eigenvalue weighted by Crippen LogP contribution is 2.29. The Morgan fingerprint density at radius 2 is 2.22 bits per heavy atom. The van der Waals surface area contributed by atoms with Crippen LogP contribution in [0.25, 0.3) is 0 Å². The fourth-order valence-corrected chi connectivity index (χ4v) is 2.21. The van der Waals surface area contributed by atoms with Gasteiger partial charge in [0.1, 0.15) is 5.69 Å². The maximum Gasteiger partial charge on any atom is 0.161 e. The van der Waals surface area contributed by atoms with Crippen LogP contribution in [0.2, 0.25) is 0 Å². The number of nitrogens with zero attached hydrogens (tertiary/aromatic N) is 3. The number of hydrogen-bond acceptors (Lipinski definition) is 5. The van der Waals surface area contributed by atoms with Gasteiger partial charge in [-0.3, -0.25) is 15.5 Å². The monoisotopic (exact) mass is 311 g/mol. The van der Waals surface area contributed by atoms with Crippen LogP contribution in [0.4, 0.5) is 0 Å². The second-order valence-corrected chi connectivity index (χ2v) is 4.67. The Labute approximate surface area is 113 Å². The lowest BCUT2D eigenvalue weighted by Gasteiger charge is -2.17. The lowest BCUT2D eigenvalue weighted by Crippen LogP contribution is -2.30. The van der Waals surface area contributed by atoms with Crippen molar-refractivity contribution in [2.45, 2.75) is 6.04 Å². The molecule has 0 bridgehead atoms. The van der Waals surface area contributed by atoms with Gasteiger partial charge < -0.3 is 4.74 Å². The Morgan fingerprint density at radius 1 is 1.44 bits per heavy atom. The first-order chi connectivity index (χ1) is 8.67. The number of methoxy groups -OCH3 is 1. The van der Waals surface area contributed by atoms with Crippen molar-refractivity contribution in [1.29, 1.82) is 0 Å². The highest BCUT2D eigenvalue weighted by molar-refractivity contribution is 9.10. The summed E-state index contributed by atoms with van der Waals surface area (Å²) in [5.74, 6) is 6.33. The number of nitrogens with one attached hydrogen (secondary N) is 1. The summed E-state index contributed by atoms with van der Waals surface area (Å²) < 4.78 is 7.91. The van der Waals surface area contributed by atoms with Crippen molar-refractivity contribution in [1.82, 2.24) is 20.2 Å². The van der Waals surface area contributed by atoms with Gasteiger partial charge in [-0.05, 0) is 27.6 Å². The molecular formula is C11H14BrN5O. The SMILES string of the molecule is COc1cnn(C)c1C(NN)c1cncc(Br)c1. The third-order valence-electron chi connectivity index (χ3n) is 2.67. The minimum absolute atomic E-state index is 0.238. The van der Waals surface area contributed by atoms with E-state index in [0.717, 1.165) is 15.7 Å². The zero-order chi connectivity index (χ0) is 13.1. The number of aromatic nitrogens is 3. The largest absolute Gasteiger partial charge is 0.493 e. The second-order valence-electron chi connectivity index (χ2n) is 3.76. The minimum atomic E-state index is -0.238. The minimum Gasteiger partial charge on any atom is -0.493 e. The molecule has 0 amide bonds. The molecular weight excluding hydrogens is 298 g/mol. The second kappa shape index (κ2) is 5.47. The molecule has 0 aliphatic rings. The molecule has 3 N–H and O–H groups in total. The van der Waals surface area contributed by atoms with Gasteiger partial charge in [0.25, 0.3) is 0 Å². The van der Waals surface area contributed by atoms with Gasteiger partial charge in [-0.25, -0.2) is 5.43 Å². The molecule has 0 aliphatic heterocycles. The number of aryl methyl sites for hydroxylation is 1. The molecule has 2 aromatic rings. The maximum absolute atomic E-state index is 5.65. The van der Waals surface area contributed by atoms with Gasteiger partial charge >= 0.3 is 0 Å². The zero-order valence-electron chi connectivity index (χ0n) is 10.1. The van der Waals surface area contributed by atoms with Gasteiger partial charge in [0.05, 0.1) is 19.3 Å². The predicted molar refractivity (Wildman–Crippen MR) is 70.9 cm³/mol. The Balaban J connectivity index is 2.48. The number of nitrogens with two attached hydrogens (primary N) is 1. The molecule has 0 radical (unpaired) electrons. The standard InChI is InChI=1S/C11H14BrN5O/c1-17-11(9(18-2)6-15-17)10(16-13)7-3-8(12)5-14-4-7/h3-6,10,16H,13H2,1-2H3. The third-order valence-corrected chi connectivity index (χ3v) is 3.10. The van der Waals surface area contributed by atoms with Crippen molar-refractivity contribution in [3.8, 4) is 5.75 Å². The molecule has 2 rings (SSSR count). The average molecular weight is 312 g/mol. The van der Waals surface area contributed by atoms with Gasteiger partial charge in [0.2, 0.25) is 0 Å². The lowest BCUT2D eigenvalue weighted by molar-refractivity contribution is 0.401. The molecule has 96 valence electrons. The van der Waals surface area contributed by atoms with Crippen LogP contribution in [0.1, 0.15) is 17.3 Å². The molecule has 18 heavy (non-hydrogen) atoms. The van der Waals surface area contributed by atoms with Crippen LogP contribution in [0.5, 0.6) is 5.75 Å². The van der Waals surface area contributed by atoms with E-state index in [1.807, 2.05) is 13.1 Å². The topological polar surface area (TPSA) is 78.0 Å². The lowest BCUT2D eigenvalue weighted by atomic mass is 10.1. The maximum atomic E-state index is 5.65. The highest BCUT2D eigenvalue weighted by Gasteiger charge is 2.21. The summed E-state index contributed by atoms with van der Waals surface area (Å²) in [6, 6.07) is 1.71. The molecule has 1 unspecified atom stereocenters. The number of halogens is 1. The van der Waals surface area contributed by atoms with Crippen LogP contribution in [0.15, 0.2) is 29.1 Å². The Kier molecular flexibility index (Phi) is 3.95. The van der Waals surface area contributed by atoms with E-state index in [9.17, 15) is 0 Å². The summed E-state index contributed by atoms with van der Waals surface area (Å²) in [5.41, 5.74) is 4.53. The van der Waals surface area contributed by atoms with Gasteiger partial charge in [-0.2, -0.15) is 5.10 Å². The molecule has 2 aromatic heterocycles. The van der Waals surface area contributed by atoms with Crippen molar-refractivity contribution >= 4 is 15.9 Å². The van der Waals surface area contributed by atoms with E-state index in [1.54, 1.807) is 30.4 Å². The van der Waals surface area contributed by atoms with Crippen molar-refractivity contribution < 1.29 is 4.74 Å². The van der Waals surface area contributed by atoms with Crippen molar-refractivity contribution in [3.63, 3.8) is 0 Å². The first-order valence-corrected chi connectivity index (χ1v) is 6.09. The summed E-state index contributed by atoms with van der Waals surface area (Å²) in [6.45, 7) is 0. The smallest absolute Gasteiger partial charge is 0.161 e. The van der Waals surface area contributed by atoms with E-state index in [0.29, 0.717) is 5.75 Å². The van der Waals surface area contributed by atoms with Crippen molar-refractivity contribution in [2.75, 3.05) is 7.11 Å². The highest BCUT2D eigenvalue weighted by atomic mass is 79.9. The van der Waals surface area contributed by atoms with Gasteiger partial charge in [-0.15, -0.1) is 0 Å². The number of ether oxygens (including phenoxy) is 1. The van der Waals surface area contributed by atoms with Crippen LogP contribution in [0, 0.1) is 0 Å². The summed E-state index contributed by atoms with van der Waals surface area (Å²) in [6.07, 6.45) is 5.13. The van der Waals surface area contributed by atoms with E-state index < -0.39 is 0 Å². The molecule has 2 heterocycles. The van der Waals surface area contributed by atoms with Gasteiger partial charge in [-0.1, -0.05) is 0 Å². The molecule has 6 nitrogen and oxygen atoms in total. The van der Waals surface area contributed by atoms with Gasteiger partial charge in [0, 0.05) is 23.9 Å². The first kappa shape index (κ1) is 13.0. The van der Waals surface area contributed by atoms with Crippen molar-refractivity contribution in [3.05, 3.63) is 40.4 Å². The number of rotatable bonds is 4. The van der Waals surface area contributed by atoms with Crippen LogP contribution >= 0.6 is 15.9 Å². The molecule has 0 saturated heterocycles. The predicted octanol–water partition coefficient (Wildman–Crippen LogP) is 1.14. The van der Waals surface area contributed by atoms with Crippen LogP contribution in [-0.2, 0) is 7.05 Å². The Bertz CT molecular complexity index is 542. The molecule has 7 heteroatoms. The fourth-order valence-electron chi connectivity index (χ4n) is 1.83. The summed E-state index contributed by atoms with van der Waals surface area (Å²) in [4.78, 5) is 4.14. The Morgan fingerprint density at radius 3 is 2.83 bits per heavy atom. The van der Waals surface area contributed by atoms with Crippen LogP contribution in [0.3, 0.4) is 0 Å². The van der Waals surface area contributed by atoms with E-state index in [-0.39, 0.29) is 6.04 Å². The van der Waals surface area contributed by atoms with Gasteiger partial charge in [0.15, 0.2) is 5.75 Å². The first-order valence-electron chi connectivity index (χ1n) is 5.29. The summed E-state index contributed by atoms with van der Waals surface area (Å²) in [5, 5.41) is 4.17. The van der Waals surface area contributed by atoms with Crippen molar-refractivity contribution in [2.24, 2.45) is 12.9 Å². The van der Waals surface area contributed by atoms with Crippen LogP contribution in [-0.4, -0.2) is 21.9 Å². The third kappa shape index (κ3) is 2.38. The summed E-state index contributed by atoms with van der Waals surface area (Å²) >= 11 is 3.39. The Hall–Kier alpha value is -1.44. The average Bonchev–Trinajstić information content (AvgIpc) is 2.72. The molecule has 0 fully saturated rings. The quantitative estimate of drug-likeness (QED) is 0.654. The van der Waals surface area contributed by atoms with Crippen LogP contribution < -0.4 is 16.0 Å². The number of hydrogen-bond donors (Lipinski definition) is 2. The summed E-state index contributed by atoms with van der Waals surface area (Å²) in [7, 11) is 3.45. The normalized spacial score (nSPS) is 12.4. The van der Waals surface area contributed by atoms with E-state index in [1.165, 1.54) is 0 Å². The molecule has 0 saturated carbocycles. The molecule has 0 aliphatic carbocycles. The zero-order valence-corrected chi connectivity index (χ0v) is 11.7. The van der Waals surface area contributed by atoms with E-state index in [4.69, 9.17) is 10.6 Å². The molecule has 0 aromatic carbocycles. The number of hydrazine groups is 1. The fraction of sp³-hybridized carbons (Fsp3) is 0.273. The number of pyridine rings is 1. The van der Waals surface area contributed by atoms with E-state index >= 15 is 0 Å². The van der Waals surface area contributed by atoms with E-state index in [2.05, 4.69) is 31.4 Å².